The Balaban J connectivity index is 1.61. The minimum atomic E-state index is -1.24. The number of aryl methyl sites for hydroxylation is 1. The van der Waals surface area contributed by atoms with Gasteiger partial charge in [-0.05, 0) is 44.0 Å². The molecule has 0 unspecified atom stereocenters. The van der Waals surface area contributed by atoms with Crippen molar-refractivity contribution in [3.63, 3.8) is 0 Å². The third-order valence-corrected chi connectivity index (χ3v) is 5.28. The Kier molecular flexibility index (Phi) is 4.87. The van der Waals surface area contributed by atoms with Crippen molar-refractivity contribution in [3.8, 4) is 0 Å². The second kappa shape index (κ2) is 6.91. The lowest BCUT2D eigenvalue weighted by molar-refractivity contribution is 0.0366. The first-order chi connectivity index (χ1) is 11.5. The highest BCUT2D eigenvalue weighted by Crippen LogP contribution is 2.36. The number of benzene rings is 1. The largest absolute Gasteiger partial charge is 0.466 e. The van der Waals surface area contributed by atoms with Crippen LogP contribution >= 0.6 is 11.8 Å². The normalized spacial score (nSPS) is 19.2. The monoisotopic (exact) mass is 346 g/mol. The summed E-state index contributed by atoms with van der Waals surface area (Å²) in [5.41, 5.74) is 1.11. The predicted molar refractivity (Wildman–Crippen MR) is 94.1 cm³/mol. The maximum atomic E-state index is 12.3. The molecule has 24 heavy (non-hydrogen) atoms. The summed E-state index contributed by atoms with van der Waals surface area (Å²) < 4.78 is 5.22. The summed E-state index contributed by atoms with van der Waals surface area (Å²) in [6.45, 7) is 3.74. The quantitative estimate of drug-likeness (QED) is 0.794. The van der Waals surface area contributed by atoms with Crippen LogP contribution in [-0.2, 0) is 5.60 Å². The molecule has 2 heterocycles. The Morgan fingerprint density at radius 3 is 3.04 bits per heavy atom. The van der Waals surface area contributed by atoms with Gasteiger partial charge in [0.25, 0.3) is 0 Å². The van der Waals surface area contributed by atoms with E-state index in [9.17, 15) is 9.90 Å². The lowest BCUT2D eigenvalue weighted by Gasteiger charge is -2.27. The smallest absolute Gasteiger partial charge is 0.315 e. The van der Waals surface area contributed by atoms with E-state index >= 15 is 0 Å². The third kappa shape index (κ3) is 3.76. The zero-order chi connectivity index (χ0) is 17.2. The Bertz CT molecular complexity index is 713. The Morgan fingerprint density at radius 2 is 2.29 bits per heavy atom. The number of hydrogen-bond donors (Lipinski definition) is 3. The average molecular weight is 346 g/mol. The van der Waals surface area contributed by atoms with E-state index in [1.807, 2.05) is 11.8 Å². The van der Waals surface area contributed by atoms with E-state index in [2.05, 4.69) is 35.8 Å². The molecule has 1 aromatic heterocycles. The molecule has 0 aliphatic carbocycles. The van der Waals surface area contributed by atoms with Gasteiger partial charge in [-0.1, -0.05) is 17.7 Å². The first-order valence-corrected chi connectivity index (χ1v) is 8.98. The van der Waals surface area contributed by atoms with Crippen LogP contribution in [0.2, 0.25) is 0 Å². The molecule has 2 aromatic rings. The maximum Gasteiger partial charge on any atom is 0.315 e. The lowest BCUT2D eigenvalue weighted by Crippen LogP contribution is -2.44. The SMILES string of the molecule is Cc1ccc2c(c1)[C@@H](NC(=O)NC[C@](C)(O)c1ccco1)CCS2. The number of furan rings is 1. The number of rotatable bonds is 4. The molecule has 3 rings (SSSR count). The third-order valence-electron chi connectivity index (χ3n) is 4.16. The molecule has 2 atom stereocenters. The van der Waals surface area contributed by atoms with Crippen LogP contribution < -0.4 is 10.6 Å². The number of amides is 2. The Labute approximate surface area is 145 Å². The fraction of sp³-hybridized carbons (Fsp3) is 0.389. The number of urea groups is 1. The zero-order valence-electron chi connectivity index (χ0n) is 13.8. The van der Waals surface area contributed by atoms with Crippen molar-refractivity contribution in [2.24, 2.45) is 0 Å². The molecule has 128 valence electrons. The Hall–Kier alpha value is -1.92. The van der Waals surface area contributed by atoms with E-state index in [4.69, 9.17) is 4.42 Å². The summed E-state index contributed by atoms with van der Waals surface area (Å²) >= 11 is 1.82. The summed E-state index contributed by atoms with van der Waals surface area (Å²) in [6, 6.07) is 9.45. The van der Waals surface area contributed by atoms with E-state index in [1.165, 1.54) is 22.3 Å². The molecule has 1 aliphatic heterocycles. The molecule has 5 nitrogen and oxygen atoms in total. The summed E-state index contributed by atoms with van der Waals surface area (Å²) in [6.07, 6.45) is 2.39. The van der Waals surface area contributed by atoms with E-state index < -0.39 is 5.60 Å². The van der Waals surface area contributed by atoms with Crippen LogP contribution in [0.25, 0.3) is 0 Å². The van der Waals surface area contributed by atoms with Gasteiger partial charge in [-0.15, -0.1) is 11.8 Å². The van der Waals surface area contributed by atoms with E-state index in [0.717, 1.165) is 12.2 Å². The summed E-state index contributed by atoms with van der Waals surface area (Å²) in [7, 11) is 0. The number of carbonyl (C=O) groups is 1. The molecule has 3 N–H and O–H groups in total. The molecule has 1 aromatic carbocycles. The number of thioether (sulfide) groups is 1. The number of nitrogens with one attached hydrogen (secondary N) is 2. The number of fused-ring (bicyclic) bond motifs is 1. The maximum absolute atomic E-state index is 12.3. The van der Waals surface area contributed by atoms with Crippen molar-refractivity contribution in [3.05, 3.63) is 53.5 Å². The van der Waals surface area contributed by atoms with Gasteiger partial charge in [-0.3, -0.25) is 0 Å². The Morgan fingerprint density at radius 1 is 1.46 bits per heavy atom. The molecule has 0 spiro atoms. The molecule has 6 heteroatoms. The van der Waals surface area contributed by atoms with Gasteiger partial charge in [0, 0.05) is 10.6 Å². The lowest BCUT2D eigenvalue weighted by atomic mass is 10.0. The molecule has 0 fully saturated rings. The molecule has 0 bridgehead atoms. The van der Waals surface area contributed by atoms with Crippen LogP contribution in [0.1, 0.15) is 36.3 Å². The molecule has 0 radical (unpaired) electrons. The number of aliphatic hydroxyl groups is 1. The first kappa shape index (κ1) is 16.9. The summed E-state index contributed by atoms with van der Waals surface area (Å²) in [5.74, 6) is 1.41. The molecular weight excluding hydrogens is 324 g/mol. The van der Waals surface area contributed by atoms with Crippen molar-refractivity contribution in [1.82, 2.24) is 10.6 Å². The van der Waals surface area contributed by atoms with Crippen LogP contribution in [0.3, 0.4) is 0 Å². The second-order valence-corrected chi connectivity index (χ2v) is 7.45. The standard InChI is InChI=1S/C18H22N2O3S/c1-12-5-6-15-13(10-12)14(7-9-24-15)20-17(21)19-11-18(2,22)16-4-3-8-23-16/h3-6,8,10,14,22H,7,9,11H2,1-2H3,(H2,19,20,21)/t14-,18-/m0/s1. The first-order valence-electron chi connectivity index (χ1n) is 8.00. The highest BCUT2D eigenvalue weighted by Gasteiger charge is 2.28. The van der Waals surface area contributed by atoms with Gasteiger partial charge >= 0.3 is 6.03 Å². The van der Waals surface area contributed by atoms with Crippen LogP contribution in [-0.4, -0.2) is 23.4 Å². The van der Waals surface area contributed by atoms with E-state index in [0.29, 0.717) is 5.76 Å². The predicted octanol–water partition coefficient (Wildman–Crippen LogP) is 3.33. The van der Waals surface area contributed by atoms with E-state index in [1.54, 1.807) is 19.1 Å². The molecule has 0 saturated heterocycles. The highest BCUT2D eigenvalue weighted by atomic mass is 32.2. The number of hydrogen-bond acceptors (Lipinski definition) is 4. The minimum Gasteiger partial charge on any atom is -0.466 e. The fourth-order valence-electron chi connectivity index (χ4n) is 2.80. The van der Waals surface area contributed by atoms with Crippen LogP contribution in [0.15, 0.2) is 45.9 Å². The van der Waals surface area contributed by atoms with Gasteiger partial charge in [0.15, 0.2) is 0 Å². The average Bonchev–Trinajstić information content (AvgIpc) is 3.09. The van der Waals surface area contributed by atoms with E-state index in [-0.39, 0.29) is 18.6 Å². The molecule has 0 saturated carbocycles. The molecular formula is C18H22N2O3S. The van der Waals surface area contributed by atoms with Crippen molar-refractivity contribution in [2.45, 2.75) is 36.8 Å². The van der Waals surface area contributed by atoms with Crippen LogP contribution in [0.4, 0.5) is 4.79 Å². The summed E-state index contributed by atoms with van der Waals surface area (Å²) in [5, 5.41) is 16.1. The highest BCUT2D eigenvalue weighted by molar-refractivity contribution is 7.99. The minimum absolute atomic E-state index is 0.00490. The van der Waals surface area contributed by atoms with Gasteiger partial charge in [0.05, 0.1) is 18.8 Å². The van der Waals surface area contributed by atoms with Gasteiger partial charge in [0.2, 0.25) is 0 Å². The topological polar surface area (TPSA) is 74.5 Å². The summed E-state index contributed by atoms with van der Waals surface area (Å²) in [4.78, 5) is 13.5. The van der Waals surface area contributed by atoms with Crippen molar-refractivity contribution in [2.75, 3.05) is 12.3 Å². The number of carbonyl (C=O) groups excluding carboxylic acids is 1. The van der Waals surface area contributed by atoms with Gasteiger partial charge in [0.1, 0.15) is 11.4 Å². The fourth-order valence-corrected chi connectivity index (χ4v) is 3.90. The van der Waals surface area contributed by atoms with Crippen LogP contribution in [0, 0.1) is 6.92 Å². The van der Waals surface area contributed by atoms with Gasteiger partial charge in [-0.2, -0.15) is 0 Å². The zero-order valence-corrected chi connectivity index (χ0v) is 14.7. The second-order valence-electron chi connectivity index (χ2n) is 6.31. The molecule has 1 aliphatic rings. The van der Waals surface area contributed by atoms with Crippen molar-refractivity contribution in [1.29, 1.82) is 0 Å². The van der Waals surface area contributed by atoms with Crippen LogP contribution in [0.5, 0.6) is 0 Å². The van der Waals surface area contributed by atoms with Crippen molar-refractivity contribution >= 4 is 17.8 Å². The van der Waals surface area contributed by atoms with Crippen molar-refractivity contribution < 1.29 is 14.3 Å². The van der Waals surface area contributed by atoms with Gasteiger partial charge < -0.3 is 20.2 Å². The van der Waals surface area contributed by atoms with Gasteiger partial charge in [-0.25, -0.2) is 4.79 Å². The molecule has 2 amide bonds.